The molecule has 38 heavy (non-hydrogen) atoms. The number of nitrogens with one attached hydrogen (secondary N) is 3. The van der Waals surface area contributed by atoms with Crippen molar-refractivity contribution in [2.24, 2.45) is 0 Å². The SMILES string of the molecule is COCCn1ncc2cc(Nc3nc(N[C@H](c4cccc(F)c4)[C@H](C)NC(=O)O)c(F)cc3C#N)ccc21. The van der Waals surface area contributed by atoms with Crippen molar-refractivity contribution in [2.75, 3.05) is 24.4 Å². The Morgan fingerprint density at radius 3 is 2.74 bits per heavy atom. The van der Waals surface area contributed by atoms with Crippen molar-refractivity contribution in [1.82, 2.24) is 20.1 Å². The van der Waals surface area contributed by atoms with Gasteiger partial charge in [0.2, 0.25) is 0 Å². The van der Waals surface area contributed by atoms with E-state index in [0.29, 0.717) is 24.4 Å². The van der Waals surface area contributed by atoms with E-state index < -0.39 is 29.8 Å². The molecule has 0 saturated carbocycles. The number of methoxy groups -OCH3 is 1. The molecule has 0 fully saturated rings. The largest absolute Gasteiger partial charge is 0.465 e. The Hall–Kier alpha value is -4.76. The van der Waals surface area contributed by atoms with Gasteiger partial charge in [-0.05, 0) is 48.9 Å². The highest BCUT2D eigenvalue weighted by molar-refractivity contribution is 5.83. The monoisotopic (exact) mass is 521 g/mol. The first-order valence-corrected chi connectivity index (χ1v) is 11.6. The molecule has 1 amide bonds. The molecule has 2 atom stereocenters. The normalized spacial score (nSPS) is 12.5. The molecule has 4 aromatic rings. The third kappa shape index (κ3) is 5.96. The Morgan fingerprint density at radius 2 is 2.03 bits per heavy atom. The first-order valence-electron chi connectivity index (χ1n) is 11.6. The van der Waals surface area contributed by atoms with Crippen LogP contribution in [-0.2, 0) is 11.3 Å². The Labute approximate surface area is 216 Å². The van der Waals surface area contributed by atoms with E-state index in [4.69, 9.17) is 4.74 Å². The number of pyridine rings is 1. The number of carboxylic acid groups (broad SMARTS) is 1. The number of nitriles is 1. The number of carbonyl (C=O) groups is 1. The van der Waals surface area contributed by atoms with Crippen LogP contribution in [0.1, 0.15) is 24.1 Å². The summed E-state index contributed by atoms with van der Waals surface area (Å²) < 4.78 is 35.9. The van der Waals surface area contributed by atoms with Crippen LogP contribution in [-0.4, -0.2) is 45.7 Å². The summed E-state index contributed by atoms with van der Waals surface area (Å²) in [5.74, 6) is -1.52. The van der Waals surface area contributed by atoms with Gasteiger partial charge >= 0.3 is 6.09 Å². The zero-order valence-electron chi connectivity index (χ0n) is 20.6. The third-order valence-corrected chi connectivity index (χ3v) is 5.86. The zero-order chi connectivity index (χ0) is 27.2. The van der Waals surface area contributed by atoms with E-state index in [2.05, 4.69) is 26.0 Å². The number of aromatic nitrogens is 3. The molecule has 2 heterocycles. The molecule has 4 N–H and O–H groups in total. The second-order valence-corrected chi connectivity index (χ2v) is 8.50. The van der Waals surface area contributed by atoms with Crippen LogP contribution in [0.4, 0.5) is 30.9 Å². The van der Waals surface area contributed by atoms with Gasteiger partial charge in [0.25, 0.3) is 0 Å². The zero-order valence-corrected chi connectivity index (χ0v) is 20.6. The van der Waals surface area contributed by atoms with Gasteiger partial charge in [-0.2, -0.15) is 10.4 Å². The highest BCUT2D eigenvalue weighted by Crippen LogP contribution is 2.29. The fourth-order valence-corrected chi connectivity index (χ4v) is 4.05. The summed E-state index contributed by atoms with van der Waals surface area (Å²) in [6.45, 7) is 2.65. The quantitative estimate of drug-likeness (QED) is 0.234. The lowest BCUT2D eigenvalue weighted by Crippen LogP contribution is -2.39. The van der Waals surface area contributed by atoms with Crippen molar-refractivity contribution in [1.29, 1.82) is 5.26 Å². The Balaban J connectivity index is 1.66. The molecule has 2 aromatic carbocycles. The molecule has 2 aromatic heterocycles. The molecule has 0 saturated heterocycles. The summed E-state index contributed by atoms with van der Waals surface area (Å²) in [5.41, 5.74) is 1.82. The van der Waals surface area contributed by atoms with Gasteiger partial charge in [-0.1, -0.05) is 12.1 Å². The summed E-state index contributed by atoms with van der Waals surface area (Å²) in [5, 5.41) is 32.2. The van der Waals surface area contributed by atoms with Gasteiger partial charge in [-0.15, -0.1) is 0 Å². The highest BCUT2D eigenvalue weighted by atomic mass is 19.1. The van der Waals surface area contributed by atoms with Crippen molar-refractivity contribution in [3.8, 4) is 6.07 Å². The fourth-order valence-electron chi connectivity index (χ4n) is 4.05. The molecule has 0 aliphatic heterocycles. The Bertz CT molecular complexity index is 1500. The minimum absolute atomic E-state index is 0.0389. The van der Waals surface area contributed by atoms with Crippen LogP contribution in [0.5, 0.6) is 0 Å². The number of nitrogens with zero attached hydrogens (tertiary/aromatic N) is 4. The minimum atomic E-state index is -1.29. The number of benzene rings is 2. The van der Waals surface area contributed by atoms with Crippen molar-refractivity contribution < 1.29 is 23.4 Å². The van der Waals surface area contributed by atoms with E-state index in [1.165, 1.54) is 18.2 Å². The number of hydrogen-bond donors (Lipinski definition) is 4. The fraction of sp³-hybridized carbons (Fsp3) is 0.231. The van der Waals surface area contributed by atoms with Crippen LogP contribution in [0, 0.1) is 23.0 Å². The molecule has 0 bridgehead atoms. The summed E-state index contributed by atoms with van der Waals surface area (Å²) in [7, 11) is 1.61. The van der Waals surface area contributed by atoms with E-state index in [-0.39, 0.29) is 17.2 Å². The van der Waals surface area contributed by atoms with E-state index in [1.807, 2.05) is 18.2 Å². The van der Waals surface area contributed by atoms with E-state index in [0.717, 1.165) is 17.0 Å². The van der Waals surface area contributed by atoms with Crippen LogP contribution in [0.2, 0.25) is 0 Å². The first kappa shape index (κ1) is 26.3. The first-order chi connectivity index (χ1) is 18.3. The number of fused-ring (bicyclic) bond motifs is 1. The lowest BCUT2D eigenvalue weighted by molar-refractivity contribution is 0.185. The van der Waals surface area contributed by atoms with Gasteiger partial charge in [0, 0.05) is 18.2 Å². The van der Waals surface area contributed by atoms with Crippen molar-refractivity contribution in [3.63, 3.8) is 0 Å². The standard InChI is InChI=1S/C26H25F2N7O3/c1-15(31-26(36)37)23(16-4-3-5-19(27)10-16)33-25-21(28)12-17(13-29)24(34-25)32-20-6-7-22-18(11-20)14-30-35(22)8-9-38-2/h3-7,10-12,14-15,23,31H,8-9H2,1-2H3,(H,36,37)(H2,32,33,34)/t15-,23-/m0/s1. The van der Waals surface area contributed by atoms with E-state index >= 15 is 4.39 Å². The number of rotatable bonds is 10. The maximum atomic E-state index is 15.0. The molecule has 0 spiro atoms. The summed E-state index contributed by atoms with van der Waals surface area (Å²) >= 11 is 0. The van der Waals surface area contributed by atoms with Crippen molar-refractivity contribution in [2.45, 2.75) is 25.6 Å². The number of anilines is 3. The molecule has 12 heteroatoms. The van der Waals surface area contributed by atoms with Gasteiger partial charge in [-0.25, -0.2) is 18.6 Å². The molecule has 0 aliphatic rings. The lowest BCUT2D eigenvalue weighted by atomic mass is 10.00. The molecule has 10 nitrogen and oxygen atoms in total. The van der Waals surface area contributed by atoms with Crippen molar-refractivity contribution in [3.05, 3.63) is 77.5 Å². The average molecular weight is 522 g/mol. The Kier molecular flexibility index (Phi) is 7.98. The molecular weight excluding hydrogens is 496 g/mol. The van der Waals surface area contributed by atoms with Crippen molar-refractivity contribution >= 4 is 34.3 Å². The second kappa shape index (κ2) is 11.5. The predicted octanol–water partition coefficient (Wildman–Crippen LogP) is 4.78. The topological polar surface area (TPSA) is 137 Å². The maximum absolute atomic E-state index is 15.0. The van der Waals surface area contributed by atoms with Crippen LogP contribution in [0.3, 0.4) is 0 Å². The molecular formula is C26H25F2N7O3. The molecule has 196 valence electrons. The summed E-state index contributed by atoms with van der Waals surface area (Å²) in [6.07, 6.45) is 0.407. The van der Waals surface area contributed by atoms with E-state index in [9.17, 15) is 19.6 Å². The van der Waals surface area contributed by atoms with Gasteiger partial charge in [0.1, 0.15) is 11.9 Å². The Morgan fingerprint density at radius 1 is 1.21 bits per heavy atom. The second-order valence-electron chi connectivity index (χ2n) is 8.50. The van der Waals surface area contributed by atoms with Gasteiger partial charge in [0.05, 0.1) is 42.5 Å². The maximum Gasteiger partial charge on any atom is 0.404 e. The number of halogens is 2. The average Bonchev–Trinajstić information content (AvgIpc) is 3.29. The highest BCUT2D eigenvalue weighted by Gasteiger charge is 2.24. The van der Waals surface area contributed by atoms with Crippen LogP contribution in [0.25, 0.3) is 10.9 Å². The van der Waals surface area contributed by atoms with Gasteiger partial charge in [-0.3, -0.25) is 4.68 Å². The van der Waals surface area contributed by atoms with Crippen LogP contribution in [0.15, 0.2) is 54.7 Å². The predicted molar refractivity (Wildman–Crippen MR) is 137 cm³/mol. The summed E-state index contributed by atoms with van der Waals surface area (Å²) in [6, 6.07) is 12.3. The van der Waals surface area contributed by atoms with Crippen LogP contribution < -0.4 is 16.0 Å². The molecule has 4 rings (SSSR count). The summed E-state index contributed by atoms with van der Waals surface area (Å²) in [4.78, 5) is 15.5. The molecule has 0 aliphatic carbocycles. The number of ether oxygens (including phenoxy) is 1. The number of hydrogen-bond acceptors (Lipinski definition) is 7. The molecule has 0 unspecified atom stereocenters. The van der Waals surface area contributed by atoms with E-state index in [1.54, 1.807) is 37.0 Å². The lowest BCUT2D eigenvalue weighted by Gasteiger charge is -2.26. The van der Waals surface area contributed by atoms with Gasteiger partial charge < -0.3 is 25.8 Å². The minimum Gasteiger partial charge on any atom is -0.465 e. The molecule has 0 radical (unpaired) electrons. The number of amides is 1. The van der Waals surface area contributed by atoms with Gasteiger partial charge in [0.15, 0.2) is 17.5 Å². The smallest absolute Gasteiger partial charge is 0.404 e. The van der Waals surface area contributed by atoms with Crippen LogP contribution >= 0.6 is 0 Å². The third-order valence-electron chi connectivity index (χ3n) is 5.86.